The Bertz CT molecular complexity index is 934. The van der Waals surface area contributed by atoms with Gasteiger partial charge in [0.1, 0.15) is 12.9 Å². The average molecular weight is 419 g/mol. The first kappa shape index (κ1) is 17.4. The quantitative estimate of drug-likeness (QED) is 0.481. The van der Waals surface area contributed by atoms with E-state index in [1.165, 1.54) is 11.0 Å². The van der Waals surface area contributed by atoms with Gasteiger partial charge in [-0.2, -0.15) is 14.9 Å². The first-order chi connectivity index (χ1) is 12.2. The van der Waals surface area contributed by atoms with Gasteiger partial charge in [-0.3, -0.25) is 5.10 Å². The molecule has 8 heteroatoms. The van der Waals surface area contributed by atoms with E-state index in [-0.39, 0.29) is 0 Å². The lowest BCUT2D eigenvalue weighted by Crippen LogP contribution is -1.98. The smallest absolute Gasteiger partial charge is 0.216 e. The molecule has 0 bridgehead atoms. The number of benzene rings is 2. The van der Waals surface area contributed by atoms with E-state index in [1.807, 2.05) is 42.5 Å². The summed E-state index contributed by atoms with van der Waals surface area (Å²) in [5, 5.41) is 10.7. The van der Waals surface area contributed by atoms with Gasteiger partial charge in [0, 0.05) is 4.47 Å². The number of aromatic amines is 1. The number of ether oxygens (including phenoxy) is 2. The second kappa shape index (κ2) is 8.09. The number of aromatic nitrogens is 3. The molecule has 0 unspecified atom stereocenters. The summed E-state index contributed by atoms with van der Waals surface area (Å²) in [6, 6.07) is 13.6. The monoisotopic (exact) mass is 418 g/mol. The van der Waals surface area contributed by atoms with Gasteiger partial charge in [0.25, 0.3) is 0 Å². The molecule has 0 saturated carbocycles. The van der Waals surface area contributed by atoms with Gasteiger partial charge in [-0.1, -0.05) is 28.1 Å². The zero-order valence-electron chi connectivity index (χ0n) is 13.3. The zero-order valence-corrected chi connectivity index (χ0v) is 15.8. The fourth-order valence-corrected chi connectivity index (χ4v) is 2.49. The minimum atomic E-state index is 0.428. The molecule has 3 aromatic rings. The van der Waals surface area contributed by atoms with Gasteiger partial charge < -0.3 is 9.47 Å². The molecular formula is C17H15BrN4O2S. The molecule has 1 heterocycles. The molecule has 25 heavy (non-hydrogen) atoms. The fourth-order valence-electron chi connectivity index (χ4n) is 2.08. The molecule has 1 aromatic heterocycles. The average Bonchev–Trinajstić information content (AvgIpc) is 3.04. The predicted octanol–water partition coefficient (Wildman–Crippen LogP) is 4.17. The second-order valence-electron chi connectivity index (χ2n) is 5.08. The molecular weight excluding hydrogens is 404 g/mol. The SMILES string of the molecule is COc1cc(/C=N/n2cn[nH]c2=S)ccc1OCc1ccc(Br)cc1. The Balaban J connectivity index is 1.73. The van der Waals surface area contributed by atoms with Gasteiger partial charge in [0.05, 0.1) is 13.3 Å². The van der Waals surface area contributed by atoms with Crippen molar-refractivity contribution >= 4 is 34.4 Å². The Hall–Kier alpha value is -2.45. The van der Waals surface area contributed by atoms with Crippen LogP contribution in [0.5, 0.6) is 11.5 Å². The molecule has 0 fully saturated rings. The van der Waals surface area contributed by atoms with Gasteiger partial charge in [0.2, 0.25) is 4.77 Å². The van der Waals surface area contributed by atoms with Gasteiger partial charge in [0.15, 0.2) is 11.5 Å². The Kier molecular flexibility index (Phi) is 5.62. The van der Waals surface area contributed by atoms with Crippen LogP contribution in [0.3, 0.4) is 0 Å². The zero-order chi connectivity index (χ0) is 17.6. The maximum atomic E-state index is 5.86. The van der Waals surface area contributed by atoms with E-state index in [9.17, 15) is 0 Å². The first-order valence-electron chi connectivity index (χ1n) is 7.37. The van der Waals surface area contributed by atoms with Crippen molar-refractivity contribution in [3.63, 3.8) is 0 Å². The number of rotatable bonds is 6. The molecule has 0 aliphatic rings. The molecule has 0 spiro atoms. The molecule has 0 saturated heterocycles. The summed E-state index contributed by atoms with van der Waals surface area (Å²) in [7, 11) is 1.61. The van der Waals surface area contributed by atoms with E-state index in [0.717, 1.165) is 15.6 Å². The summed E-state index contributed by atoms with van der Waals surface area (Å²) in [6.07, 6.45) is 3.18. The Morgan fingerprint density at radius 1 is 1.24 bits per heavy atom. The number of methoxy groups -OCH3 is 1. The highest BCUT2D eigenvalue weighted by molar-refractivity contribution is 9.10. The maximum Gasteiger partial charge on any atom is 0.216 e. The predicted molar refractivity (Wildman–Crippen MR) is 102 cm³/mol. The van der Waals surface area contributed by atoms with Crippen LogP contribution in [0.4, 0.5) is 0 Å². The number of H-pyrrole nitrogens is 1. The van der Waals surface area contributed by atoms with Crippen molar-refractivity contribution in [2.24, 2.45) is 5.10 Å². The number of hydrogen-bond acceptors (Lipinski definition) is 5. The highest BCUT2D eigenvalue weighted by Gasteiger charge is 2.06. The van der Waals surface area contributed by atoms with Gasteiger partial charge in [-0.25, -0.2) is 0 Å². The standard InChI is InChI=1S/C17H15BrN4O2S/c1-23-16-8-13(9-20-22-11-19-21-17(22)25)4-7-15(16)24-10-12-2-5-14(18)6-3-12/h2-9,11H,10H2,1H3,(H,21,25)/b20-9+. The Morgan fingerprint density at radius 2 is 2.04 bits per heavy atom. The summed E-state index contributed by atoms with van der Waals surface area (Å²) in [5.74, 6) is 1.30. The molecule has 0 radical (unpaired) electrons. The van der Waals surface area contributed by atoms with Crippen LogP contribution in [-0.4, -0.2) is 28.2 Å². The molecule has 1 N–H and O–H groups in total. The van der Waals surface area contributed by atoms with Crippen LogP contribution < -0.4 is 9.47 Å². The fraction of sp³-hybridized carbons (Fsp3) is 0.118. The third kappa shape index (κ3) is 4.55. The van der Waals surface area contributed by atoms with Crippen LogP contribution >= 0.6 is 28.1 Å². The van der Waals surface area contributed by atoms with E-state index in [1.54, 1.807) is 13.3 Å². The van der Waals surface area contributed by atoms with Gasteiger partial charge in [-0.05, 0) is 53.7 Å². The van der Waals surface area contributed by atoms with E-state index in [0.29, 0.717) is 22.9 Å². The Labute approximate surface area is 158 Å². The molecule has 0 amide bonds. The molecule has 128 valence electrons. The van der Waals surface area contributed by atoms with Crippen molar-refractivity contribution in [2.45, 2.75) is 6.61 Å². The van der Waals surface area contributed by atoms with Crippen molar-refractivity contribution in [3.8, 4) is 11.5 Å². The van der Waals surface area contributed by atoms with Crippen LogP contribution in [0.2, 0.25) is 0 Å². The number of nitrogens with one attached hydrogen (secondary N) is 1. The van der Waals surface area contributed by atoms with Crippen molar-refractivity contribution in [1.29, 1.82) is 0 Å². The molecule has 2 aromatic carbocycles. The summed E-state index contributed by atoms with van der Waals surface area (Å²) < 4.78 is 14.2. The third-order valence-electron chi connectivity index (χ3n) is 3.36. The summed E-state index contributed by atoms with van der Waals surface area (Å²) >= 11 is 8.46. The maximum absolute atomic E-state index is 5.86. The van der Waals surface area contributed by atoms with Crippen molar-refractivity contribution in [3.05, 3.63) is 69.2 Å². The van der Waals surface area contributed by atoms with E-state index in [4.69, 9.17) is 21.7 Å². The summed E-state index contributed by atoms with van der Waals surface area (Å²) in [5.41, 5.74) is 1.93. The first-order valence-corrected chi connectivity index (χ1v) is 8.57. The second-order valence-corrected chi connectivity index (χ2v) is 6.38. The van der Waals surface area contributed by atoms with E-state index >= 15 is 0 Å². The lowest BCUT2D eigenvalue weighted by atomic mass is 10.2. The number of nitrogens with zero attached hydrogens (tertiary/aromatic N) is 3. The highest BCUT2D eigenvalue weighted by Crippen LogP contribution is 2.28. The van der Waals surface area contributed by atoms with Gasteiger partial charge in [-0.15, -0.1) is 0 Å². The van der Waals surface area contributed by atoms with E-state index in [2.05, 4.69) is 31.2 Å². The third-order valence-corrected chi connectivity index (χ3v) is 4.17. The lowest BCUT2D eigenvalue weighted by molar-refractivity contribution is 0.284. The lowest BCUT2D eigenvalue weighted by Gasteiger charge is -2.11. The van der Waals surface area contributed by atoms with Crippen LogP contribution in [0.1, 0.15) is 11.1 Å². The van der Waals surface area contributed by atoms with Crippen LogP contribution in [0.25, 0.3) is 0 Å². The summed E-state index contributed by atoms with van der Waals surface area (Å²) in [4.78, 5) is 0. The normalized spacial score (nSPS) is 11.0. The number of halogens is 1. The molecule has 6 nitrogen and oxygen atoms in total. The Morgan fingerprint density at radius 3 is 2.72 bits per heavy atom. The largest absolute Gasteiger partial charge is 0.493 e. The topological polar surface area (TPSA) is 64.4 Å². The summed E-state index contributed by atoms with van der Waals surface area (Å²) in [6.45, 7) is 0.460. The minimum absolute atomic E-state index is 0.428. The van der Waals surface area contributed by atoms with Gasteiger partial charge >= 0.3 is 0 Å². The van der Waals surface area contributed by atoms with E-state index < -0.39 is 0 Å². The highest BCUT2D eigenvalue weighted by atomic mass is 79.9. The van der Waals surface area contributed by atoms with Crippen molar-refractivity contribution in [2.75, 3.05) is 7.11 Å². The molecule has 0 atom stereocenters. The van der Waals surface area contributed by atoms with Crippen LogP contribution in [-0.2, 0) is 6.61 Å². The van der Waals surface area contributed by atoms with Crippen molar-refractivity contribution in [1.82, 2.24) is 14.9 Å². The minimum Gasteiger partial charge on any atom is -0.493 e. The molecule has 3 rings (SSSR count). The number of hydrogen-bond donors (Lipinski definition) is 1. The van der Waals surface area contributed by atoms with Crippen molar-refractivity contribution < 1.29 is 9.47 Å². The molecule has 0 aliphatic heterocycles. The van der Waals surface area contributed by atoms with Crippen LogP contribution in [0.15, 0.2) is 58.4 Å². The molecule has 0 aliphatic carbocycles. The van der Waals surface area contributed by atoms with Crippen LogP contribution in [0, 0.1) is 4.77 Å².